The zero-order valence-electron chi connectivity index (χ0n) is 6.79. The van der Waals surface area contributed by atoms with E-state index in [4.69, 9.17) is 5.11 Å². The third kappa shape index (κ3) is 1.55. The van der Waals surface area contributed by atoms with Gasteiger partial charge in [0.2, 0.25) is 0 Å². The van der Waals surface area contributed by atoms with E-state index in [9.17, 15) is 0 Å². The van der Waals surface area contributed by atoms with E-state index in [-0.39, 0.29) is 6.10 Å². The van der Waals surface area contributed by atoms with Gasteiger partial charge in [-0.2, -0.15) is 0 Å². The summed E-state index contributed by atoms with van der Waals surface area (Å²) in [6.45, 7) is 2.90. The Balaban J connectivity index is 1.76. The Labute approximate surface area is 67.4 Å². The number of rotatable bonds is 1. The van der Waals surface area contributed by atoms with Crippen LogP contribution in [0.4, 0.5) is 0 Å². The number of piperidine rings is 1. The van der Waals surface area contributed by atoms with Crippen LogP contribution in [0, 0.1) is 0 Å². The molecule has 11 heavy (non-hydrogen) atoms. The number of aliphatic hydroxyl groups is 1. The summed E-state index contributed by atoms with van der Waals surface area (Å²) in [5, 5.41) is 12.5. The third-order valence-corrected chi connectivity index (χ3v) is 2.62. The molecule has 2 N–H and O–H groups in total. The SMILES string of the molecule is OC1CN(C2CCCCN2)C1. The van der Waals surface area contributed by atoms with Gasteiger partial charge in [-0.05, 0) is 25.8 Å². The second-order valence-corrected chi connectivity index (χ2v) is 3.57. The van der Waals surface area contributed by atoms with Gasteiger partial charge in [0.25, 0.3) is 0 Å². The molecule has 1 unspecified atom stereocenters. The Bertz CT molecular complexity index is 128. The van der Waals surface area contributed by atoms with Crippen molar-refractivity contribution in [3.63, 3.8) is 0 Å². The first-order valence-corrected chi connectivity index (χ1v) is 4.52. The number of nitrogens with zero attached hydrogens (tertiary/aromatic N) is 1. The van der Waals surface area contributed by atoms with Crippen molar-refractivity contribution in [2.75, 3.05) is 19.6 Å². The highest BCUT2D eigenvalue weighted by Gasteiger charge is 2.30. The summed E-state index contributed by atoms with van der Waals surface area (Å²) >= 11 is 0. The van der Waals surface area contributed by atoms with Crippen molar-refractivity contribution in [1.29, 1.82) is 0 Å². The smallest absolute Gasteiger partial charge is 0.0795 e. The van der Waals surface area contributed by atoms with Gasteiger partial charge in [-0.15, -0.1) is 0 Å². The summed E-state index contributed by atoms with van der Waals surface area (Å²) in [6, 6.07) is 0. The lowest BCUT2D eigenvalue weighted by Crippen LogP contribution is -2.60. The van der Waals surface area contributed by atoms with Crippen molar-refractivity contribution in [1.82, 2.24) is 10.2 Å². The monoisotopic (exact) mass is 156 g/mol. The lowest BCUT2D eigenvalue weighted by molar-refractivity contribution is -0.0397. The molecule has 0 radical (unpaired) electrons. The third-order valence-electron chi connectivity index (χ3n) is 2.62. The molecule has 0 aliphatic carbocycles. The van der Waals surface area contributed by atoms with Crippen LogP contribution in [-0.2, 0) is 0 Å². The summed E-state index contributed by atoms with van der Waals surface area (Å²) < 4.78 is 0. The van der Waals surface area contributed by atoms with Crippen molar-refractivity contribution in [3.8, 4) is 0 Å². The van der Waals surface area contributed by atoms with E-state index >= 15 is 0 Å². The molecule has 0 aromatic heterocycles. The van der Waals surface area contributed by atoms with Crippen LogP contribution in [0.5, 0.6) is 0 Å². The van der Waals surface area contributed by atoms with Gasteiger partial charge in [-0.25, -0.2) is 0 Å². The summed E-state index contributed by atoms with van der Waals surface area (Å²) in [4.78, 5) is 2.32. The Kier molecular flexibility index (Phi) is 2.11. The molecule has 0 amide bonds. The summed E-state index contributed by atoms with van der Waals surface area (Å²) in [5.41, 5.74) is 0. The van der Waals surface area contributed by atoms with Crippen LogP contribution in [0.2, 0.25) is 0 Å². The highest BCUT2D eigenvalue weighted by atomic mass is 16.3. The van der Waals surface area contributed by atoms with Gasteiger partial charge in [0, 0.05) is 13.1 Å². The molecule has 0 bridgehead atoms. The number of β-amino-alcohol motifs (C(OH)–C–C–N with tert-alkyl or cyclic N) is 1. The number of hydrogen-bond donors (Lipinski definition) is 2. The van der Waals surface area contributed by atoms with E-state index in [2.05, 4.69) is 10.2 Å². The summed E-state index contributed by atoms with van der Waals surface area (Å²) in [7, 11) is 0. The normalized spacial score (nSPS) is 35.2. The van der Waals surface area contributed by atoms with Gasteiger partial charge in [0.15, 0.2) is 0 Å². The fourth-order valence-electron chi connectivity index (χ4n) is 1.89. The van der Waals surface area contributed by atoms with Crippen LogP contribution in [0.15, 0.2) is 0 Å². The lowest BCUT2D eigenvalue weighted by Gasteiger charge is -2.43. The molecule has 2 saturated heterocycles. The van der Waals surface area contributed by atoms with Crippen molar-refractivity contribution in [2.24, 2.45) is 0 Å². The zero-order chi connectivity index (χ0) is 7.68. The molecule has 2 aliphatic heterocycles. The molecule has 1 atom stereocenters. The molecule has 2 heterocycles. The maximum Gasteiger partial charge on any atom is 0.0795 e. The van der Waals surface area contributed by atoms with Gasteiger partial charge < -0.3 is 10.4 Å². The molecule has 3 heteroatoms. The zero-order valence-corrected chi connectivity index (χ0v) is 6.79. The van der Waals surface area contributed by atoms with Gasteiger partial charge in [0.05, 0.1) is 12.3 Å². The van der Waals surface area contributed by atoms with Crippen LogP contribution in [0.1, 0.15) is 19.3 Å². The second-order valence-electron chi connectivity index (χ2n) is 3.57. The summed E-state index contributed by atoms with van der Waals surface area (Å²) in [6.07, 6.45) is 4.41. The standard InChI is InChI=1S/C8H16N2O/c11-7-5-10(6-7)8-3-1-2-4-9-8/h7-9,11H,1-6H2. The van der Waals surface area contributed by atoms with E-state index in [0.717, 1.165) is 19.6 Å². The molecule has 2 rings (SSSR count). The van der Waals surface area contributed by atoms with E-state index < -0.39 is 0 Å². The maximum atomic E-state index is 9.08. The fraction of sp³-hybridized carbons (Fsp3) is 1.00. The first-order chi connectivity index (χ1) is 5.36. The quantitative estimate of drug-likeness (QED) is 0.550. The highest BCUT2D eigenvalue weighted by Crippen LogP contribution is 2.17. The second kappa shape index (κ2) is 3.09. The number of aliphatic hydroxyl groups excluding tert-OH is 1. The lowest BCUT2D eigenvalue weighted by atomic mass is 10.0. The van der Waals surface area contributed by atoms with E-state index in [1.165, 1.54) is 19.3 Å². The molecule has 2 fully saturated rings. The molecule has 0 aromatic carbocycles. The largest absolute Gasteiger partial charge is 0.390 e. The Morgan fingerprint density at radius 3 is 2.64 bits per heavy atom. The van der Waals surface area contributed by atoms with E-state index in [0.29, 0.717) is 6.17 Å². The first kappa shape index (κ1) is 7.53. The molecule has 0 saturated carbocycles. The first-order valence-electron chi connectivity index (χ1n) is 4.52. The van der Waals surface area contributed by atoms with E-state index in [1.54, 1.807) is 0 Å². The van der Waals surface area contributed by atoms with Crippen molar-refractivity contribution in [3.05, 3.63) is 0 Å². The van der Waals surface area contributed by atoms with Crippen LogP contribution in [0.3, 0.4) is 0 Å². The topological polar surface area (TPSA) is 35.5 Å². The van der Waals surface area contributed by atoms with Gasteiger partial charge in [-0.3, -0.25) is 4.90 Å². The average molecular weight is 156 g/mol. The summed E-state index contributed by atoms with van der Waals surface area (Å²) in [5.74, 6) is 0. The Morgan fingerprint density at radius 1 is 1.27 bits per heavy atom. The van der Waals surface area contributed by atoms with Crippen molar-refractivity contribution >= 4 is 0 Å². The van der Waals surface area contributed by atoms with E-state index in [1.807, 2.05) is 0 Å². The van der Waals surface area contributed by atoms with Crippen LogP contribution in [0.25, 0.3) is 0 Å². The van der Waals surface area contributed by atoms with Crippen LogP contribution in [-0.4, -0.2) is 41.9 Å². The minimum Gasteiger partial charge on any atom is -0.390 e. The van der Waals surface area contributed by atoms with Crippen LogP contribution >= 0.6 is 0 Å². The number of hydrogen-bond acceptors (Lipinski definition) is 3. The minimum atomic E-state index is -0.0567. The molecular formula is C8H16N2O. The predicted octanol–water partition coefficient (Wildman–Crippen LogP) is -0.237. The van der Waals surface area contributed by atoms with Crippen molar-refractivity contribution < 1.29 is 5.11 Å². The number of nitrogens with one attached hydrogen (secondary N) is 1. The minimum absolute atomic E-state index is 0.0567. The van der Waals surface area contributed by atoms with Gasteiger partial charge >= 0.3 is 0 Å². The predicted molar refractivity (Wildman–Crippen MR) is 43.2 cm³/mol. The average Bonchev–Trinajstić information content (AvgIpc) is 2.01. The highest BCUT2D eigenvalue weighted by molar-refractivity contribution is 4.85. The number of likely N-dealkylation sites (tertiary alicyclic amines) is 1. The fourth-order valence-corrected chi connectivity index (χ4v) is 1.89. The molecule has 0 spiro atoms. The Morgan fingerprint density at radius 2 is 2.09 bits per heavy atom. The Hall–Kier alpha value is -0.120. The molecular weight excluding hydrogens is 140 g/mol. The van der Waals surface area contributed by atoms with Crippen LogP contribution < -0.4 is 5.32 Å². The van der Waals surface area contributed by atoms with Crippen molar-refractivity contribution in [2.45, 2.75) is 31.5 Å². The maximum absolute atomic E-state index is 9.08. The molecule has 0 aromatic rings. The van der Waals surface area contributed by atoms with Gasteiger partial charge in [0.1, 0.15) is 0 Å². The molecule has 3 nitrogen and oxygen atoms in total. The molecule has 64 valence electrons. The molecule has 2 aliphatic rings. The van der Waals surface area contributed by atoms with Gasteiger partial charge in [-0.1, -0.05) is 0 Å².